The standard InChI is InChI=1S/C25H34N2O3S/c1-19(2)23-13-7-9-20(3)24(23)26-25(28)22-14-16-27(17-15-22)31(29,30)18-8-12-21-10-5-4-6-11-21/h4-7,9-11,13,19,22H,8,12,14-18H2,1-3H3,(H,26,28). The van der Waals surface area contributed by atoms with Gasteiger partial charge in [0.1, 0.15) is 0 Å². The Morgan fingerprint density at radius 3 is 2.39 bits per heavy atom. The van der Waals surface area contributed by atoms with Crippen molar-refractivity contribution in [3.8, 4) is 0 Å². The van der Waals surface area contributed by atoms with Crippen LogP contribution in [0.3, 0.4) is 0 Å². The lowest BCUT2D eigenvalue weighted by Gasteiger charge is -2.31. The van der Waals surface area contributed by atoms with Crippen molar-refractivity contribution >= 4 is 21.6 Å². The molecule has 1 saturated heterocycles. The molecule has 1 heterocycles. The third-order valence-electron chi connectivity index (χ3n) is 6.10. The molecule has 1 fully saturated rings. The third kappa shape index (κ3) is 6.17. The van der Waals surface area contributed by atoms with Crippen LogP contribution in [0.5, 0.6) is 0 Å². The van der Waals surface area contributed by atoms with Gasteiger partial charge >= 0.3 is 0 Å². The largest absolute Gasteiger partial charge is 0.325 e. The molecule has 2 aromatic rings. The molecule has 31 heavy (non-hydrogen) atoms. The number of nitrogens with one attached hydrogen (secondary N) is 1. The maximum Gasteiger partial charge on any atom is 0.227 e. The molecule has 0 atom stereocenters. The predicted molar refractivity (Wildman–Crippen MR) is 127 cm³/mol. The molecular formula is C25H34N2O3S. The highest BCUT2D eigenvalue weighted by molar-refractivity contribution is 7.89. The first-order chi connectivity index (χ1) is 14.8. The molecule has 6 heteroatoms. The molecule has 0 unspecified atom stereocenters. The number of hydrogen-bond acceptors (Lipinski definition) is 3. The van der Waals surface area contributed by atoms with Crippen molar-refractivity contribution in [2.45, 2.75) is 52.4 Å². The van der Waals surface area contributed by atoms with Crippen LogP contribution in [0.4, 0.5) is 5.69 Å². The van der Waals surface area contributed by atoms with E-state index in [0.29, 0.717) is 38.3 Å². The Hall–Kier alpha value is -2.18. The van der Waals surface area contributed by atoms with E-state index in [2.05, 4.69) is 25.2 Å². The minimum absolute atomic E-state index is 0.00248. The minimum atomic E-state index is -3.28. The lowest BCUT2D eigenvalue weighted by molar-refractivity contribution is -0.120. The highest BCUT2D eigenvalue weighted by Gasteiger charge is 2.31. The summed E-state index contributed by atoms with van der Waals surface area (Å²) in [5, 5.41) is 3.13. The van der Waals surface area contributed by atoms with Crippen molar-refractivity contribution in [1.29, 1.82) is 0 Å². The van der Waals surface area contributed by atoms with Crippen molar-refractivity contribution in [2.24, 2.45) is 5.92 Å². The molecule has 168 valence electrons. The molecule has 0 radical (unpaired) electrons. The Morgan fingerprint density at radius 2 is 1.74 bits per heavy atom. The first-order valence-corrected chi connectivity index (χ1v) is 12.8. The number of aryl methyl sites for hydroxylation is 2. The highest BCUT2D eigenvalue weighted by Crippen LogP contribution is 2.29. The summed E-state index contributed by atoms with van der Waals surface area (Å²) in [4.78, 5) is 12.9. The van der Waals surface area contributed by atoms with E-state index < -0.39 is 10.0 Å². The van der Waals surface area contributed by atoms with Crippen LogP contribution in [-0.2, 0) is 21.2 Å². The van der Waals surface area contributed by atoms with Gasteiger partial charge in [-0.3, -0.25) is 4.79 Å². The van der Waals surface area contributed by atoms with Gasteiger partial charge in [-0.1, -0.05) is 62.4 Å². The molecular weight excluding hydrogens is 408 g/mol. The summed E-state index contributed by atoms with van der Waals surface area (Å²) in [6.07, 6.45) is 2.49. The van der Waals surface area contributed by atoms with Crippen molar-refractivity contribution < 1.29 is 13.2 Å². The zero-order chi connectivity index (χ0) is 22.4. The van der Waals surface area contributed by atoms with Gasteiger partial charge in [-0.2, -0.15) is 0 Å². The smallest absolute Gasteiger partial charge is 0.227 e. The third-order valence-corrected chi connectivity index (χ3v) is 8.06. The Labute approximate surface area is 186 Å². The lowest BCUT2D eigenvalue weighted by atomic mass is 9.95. The van der Waals surface area contributed by atoms with Crippen LogP contribution in [0, 0.1) is 12.8 Å². The van der Waals surface area contributed by atoms with E-state index in [9.17, 15) is 13.2 Å². The number of hydrogen-bond donors (Lipinski definition) is 1. The van der Waals surface area contributed by atoms with E-state index >= 15 is 0 Å². The van der Waals surface area contributed by atoms with Gasteiger partial charge in [-0.15, -0.1) is 0 Å². The van der Waals surface area contributed by atoms with Gasteiger partial charge in [0.2, 0.25) is 15.9 Å². The first kappa shape index (κ1) is 23.5. The van der Waals surface area contributed by atoms with Crippen LogP contribution in [0.2, 0.25) is 0 Å². The number of rotatable bonds is 8. The second kappa shape index (κ2) is 10.4. The molecule has 1 aliphatic rings. The number of anilines is 1. The number of para-hydroxylation sites is 1. The van der Waals surface area contributed by atoms with Gasteiger partial charge in [0.05, 0.1) is 5.75 Å². The molecule has 1 aliphatic heterocycles. The SMILES string of the molecule is Cc1cccc(C(C)C)c1NC(=O)C1CCN(S(=O)(=O)CCCc2ccccc2)CC1. The molecule has 5 nitrogen and oxygen atoms in total. The molecule has 0 saturated carbocycles. The van der Waals surface area contributed by atoms with E-state index in [1.54, 1.807) is 4.31 Å². The number of sulfonamides is 1. The number of benzene rings is 2. The maximum atomic E-state index is 12.9. The number of nitrogens with zero attached hydrogens (tertiary/aromatic N) is 1. The van der Waals surface area contributed by atoms with Crippen LogP contribution in [0.15, 0.2) is 48.5 Å². The van der Waals surface area contributed by atoms with Gasteiger partial charge < -0.3 is 5.32 Å². The molecule has 0 bridgehead atoms. The number of carbonyl (C=O) groups excluding carboxylic acids is 1. The van der Waals surface area contributed by atoms with E-state index in [1.807, 2.05) is 49.4 Å². The fourth-order valence-electron chi connectivity index (χ4n) is 4.20. The predicted octanol–water partition coefficient (Wildman–Crippen LogP) is 4.73. The summed E-state index contributed by atoms with van der Waals surface area (Å²) >= 11 is 0. The number of amides is 1. The number of carbonyl (C=O) groups is 1. The average Bonchev–Trinajstić information content (AvgIpc) is 2.75. The molecule has 3 rings (SSSR count). The Balaban J connectivity index is 1.52. The van der Waals surface area contributed by atoms with E-state index in [-0.39, 0.29) is 17.6 Å². The normalized spacial score (nSPS) is 15.9. The summed E-state index contributed by atoms with van der Waals surface area (Å²) in [7, 11) is -3.28. The van der Waals surface area contributed by atoms with Crippen LogP contribution < -0.4 is 5.32 Å². The number of piperidine rings is 1. The van der Waals surface area contributed by atoms with Crippen LogP contribution in [0.1, 0.15) is 55.7 Å². The molecule has 1 amide bonds. The average molecular weight is 443 g/mol. The van der Waals surface area contributed by atoms with E-state index in [0.717, 1.165) is 28.8 Å². The summed E-state index contributed by atoms with van der Waals surface area (Å²) in [6, 6.07) is 16.0. The Morgan fingerprint density at radius 1 is 1.06 bits per heavy atom. The molecule has 2 aromatic carbocycles. The maximum absolute atomic E-state index is 12.9. The molecule has 0 aliphatic carbocycles. The first-order valence-electron chi connectivity index (χ1n) is 11.2. The highest BCUT2D eigenvalue weighted by atomic mass is 32.2. The molecule has 0 spiro atoms. The Kier molecular flexibility index (Phi) is 7.89. The zero-order valence-corrected chi connectivity index (χ0v) is 19.6. The fraction of sp³-hybridized carbons (Fsp3) is 0.480. The van der Waals surface area contributed by atoms with Gasteiger partial charge in [0.25, 0.3) is 0 Å². The van der Waals surface area contributed by atoms with Gasteiger partial charge in [0, 0.05) is 24.7 Å². The van der Waals surface area contributed by atoms with Crippen LogP contribution in [0.25, 0.3) is 0 Å². The summed E-state index contributed by atoms with van der Waals surface area (Å²) in [6.45, 7) is 7.07. The zero-order valence-electron chi connectivity index (χ0n) is 18.8. The second-order valence-electron chi connectivity index (χ2n) is 8.76. The fourth-order valence-corrected chi connectivity index (χ4v) is 5.73. The minimum Gasteiger partial charge on any atom is -0.325 e. The van der Waals surface area contributed by atoms with Gasteiger partial charge in [-0.05, 0) is 55.2 Å². The Bertz CT molecular complexity index is 979. The van der Waals surface area contributed by atoms with Crippen molar-refractivity contribution in [1.82, 2.24) is 4.31 Å². The van der Waals surface area contributed by atoms with Crippen molar-refractivity contribution in [3.63, 3.8) is 0 Å². The quantitative estimate of drug-likeness (QED) is 0.643. The summed E-state index contributed by atoms with van der Waals surface area (Å²) in [5.74, 6) is 0.311. The molecule has 0 aromatic heterocycles. The topological polar surface area (TPSA) is 66.5 Å². The van der Waals surface area contributed by atoms with Gasteiger partial charge in [-0.25, -0.2) is 12.7 Å². The summed E-state index contributed by atoms with van der Waals surface area (Å²) in [5.41, 5.74) is 4.24. The van der Waals surface area contributed by atoms with E-state index in [1.165, 1.54) is 0 Å². The van der Waals surface area contributed by atoms with Crippen molar-refractivity contribution in [2.75, 3.05) is 24.2 Å². The van der Waals surface area contributed by atoms with Crippen LogP contribution >= 0.6 is 0 Å². The van der Waals surface area contributed by atoms with Gasteiger partial charge in [0.15, 0.2) is 0 Å². The summed E-state index contributed by atoms with van der Waals surface area (Å²) < 4.78 is 27.0. The lowest BCUT2D eigenvalue weighted by Crippen LogP contribution is -2.42. The monoisotopic (exact) mass is 442 g/mol. The van der Waals surface area contributed by atoms with E-state index in [4.69, 9.17) is 0 Å². The molecule has 1 N–H and O–H groups in total. The van der Waals surface area contributed by atoms with Crippen molar-refractivity contribution in [3.05, 3.63) is 65.2 Å². The van der Waals surface area contributed by atoms with Crippen LogP contribution in [-0.4, -0.2) is 37.5 Å². The second-order valence-corrected chi connectivity index (χ2v) is 10.9.